The minimum Gasteiger partial charge on any atom is -0.372 e. The van der Waals surface area contributed by atoms with Gasteiger partial charge >= 0.3 is 12.4 Å². The molecule has 0 spiro atoms. The Bertz CT molecular complexity index is 1030. The standard InChI is InChI=1S/C26H28F6N2O2/c1-17(18-12-20(25(27,28)29)14-21(13-18)26(30,31)32)36-16-24(19-6-3-2-4-7-19)10-9-22(15-33-24)34-11-5-8-23(34)35/h2-4,6-7,12-14,17,22,33H,5,8-11,15-16H2,1H3/t17-,22+,24-/m1/s1. The first kappa shape index (κ1) is 26.5. The predicted molar refractivity (Wildman–Crippen MR) is 121 cm³/mol. The molecule has 0 bridgehead atoms. The van der Waals surface area contributed by atoms with Gasteiger partial charge in [0.1, 0.15) is 0 Å². The van der Waals surface area contributed by atoms with E-state index in [0.717, 1.165) is 12.0 Å². The van der Waals surface area contributed by atoms with Crippen molar-refractivity contribution >= 4 is 5.91 Å². The third kappa shape index (κ3) is 5.70. The number of carbonyl (C=O) groups is 1. The number of rotatable bonds is 6. The third-order valence-electron chi connectivity index (χ3n) is 7.12. The molecule has 4 rings (SSSR count). The third-order valence-corrected chi connectivity index (χ3v) is 7.12. The number of piperidine rings is 1. The molecule has 2 heterocycles. The van der Waals surface area contributed by atoms with Gasteiger partial charge in [-0.2, -0.15) is 26.3 Å². The Balaban J connectivity index is 1.55. The van der Waals surface area contributed by atoms with E-state index in [4.69, 9.17) is 4.74 Å². The summed E-state index contributed by atoms with van der Waals surface area (Å²) in [6.45, 7) is 2.72. The zero-order chi connectivity index (χ0) is 26.1. The molecule has 0 saturated carbocycles. The number of halogens is 6. The van der Waals surface area contributed by atoms with E-state index >= 15 is 0 Å². The molecule has 196 valence electrons. The summed E-state index contributed by atoms with van der Waals surface area (Å²) >= 11 is 0. The number of likely N-dealkylation sites (tertiary alicyclic amines) is 1. The normalized spacial score (nSPS) is 24.2. The fourth-order valence-electron chi connectivity index (χ4n) is 5.03. The van der Waals surface area contributed by atoms with Gasteiger partial charge in [-0.3, -0.25) is 4.79 Å². The topological polar surface area (TPSA) is 41.6 Å². The van der Waals surface area contributed by atoms with Crippen LogP contribution in [0.15, 0.2) is 48.5 Å². The zero-order valence-electron chi connectivity index (χ0n) is 19.8. The average Bonchev–Trinajstić information content (AvgIpc) is 3.27. The zero-order valence-corrected chi connectivity index (χ0v) is 19.8. The Morgan fingerprint density at radius 1 is 1.06 bits per heavy atom. The van der Waals surface area contributed by atoms with Crippen molar-refractivity contribution in [2.45, 2.75) is 62.6 Å². The Morgan fingerprint density at radius 3 is 2.19 bits per heavy atom. The maximum atomic E-state index is 13.3. The van der Waals surface area contributed by atoms with Crippen molar-refractivity contribution in [3.8, 4) is 0 Å². The molecular weight excluding hydrogens is 486 g/mol. The van der Waals surface area contributed by atoms with Crippen LogP contribution in [0.3, 0.4) is 0 Å². The predicted octanol–water partition coefficient (Wildman–Crippen LogP) is 6.07. The molecule has 1 N–H and O–H groups in total. The van der Waals surface area contributed by atoms with Crippen LogP contribution in [-0.4, -0.2) is 36.5 Å². The molecule has 4 nitrogen and oxygen atoms in total. The highest BCUT2D eigenvalue weighted by Crippen LogP contribution is 2.39. The fraction of sp³-hybridized carbons (Fsp3) is 0.500. The second kappa shape index (κ2) is 10.0. The molecule has 2 saturated heterocycles. The van der Waals surface area contributed by atoms with Gasteiger partial charge < -0.3 is 15.0 Å². The first-order valence-electron chi connectivity index (χ1n) is 11.9. The van der Waals surface area contributed by atoms with Gasteiger partial charge in [0.2, 0.25) is 5.91 Å². The lowest BCUT2D eigenvalue weighted by Gasteiger charge is -2.44. The van der Waals surface area contributed by atoms with E-state index in [-0.39, 0.29) is 30.2 Å². The van der Waals surface area contributed by atoms with Gasteiger partial charge in [0.15, 0.2) is 0 Å². The molecule has 0 aliphatic carbocycles. The lowest BCUT2D eigenvalue weighted by molar-refractivity contribution is -0.143. The molecule has 10 heteroatoms. The minimum atomic E-state index is -4.92. The number of nitrogens with zero attached hydrogens (tertiary/aromatic N) is 1. The van der Waals surface area contributed by atoms with Crippen LogP contribution in [0, 0.1) is 0 Å². The Labute approximate surface area is 205 Å². The molecule has 2 aliphatic rings. The number of alkyl halides is 6. The summed E-state index contributed by atoms with van der Waals surface area (Å²) in [4.78, 5) is 14.1. The molecule has 2 aromatic carbocycles. The average molecular weight is 515 g/mol. The second-order valence-corrected chi connectivity index (χ2v) is 9.50. The van der Waals surface area contributed by atoms with Crippen LogP contribution >= 0.6 is 0 Å². The monoisotopic (exact) mass is 514 g/mol. The van der Waals surface area contributed by atoms with Crippen LogP contribution in [-0.2, 0) is 27.4 Å². The molecule has 2 fully saturated rings. The van der Waals surface area contributed by atoms with E-state index in [1.165, 1.54) is 6.92 Å². The van der Waals surface area contributed by atoms with Crippen LogP contribution in [0.1, 0.15) is 61.0 Å². The van der Waals surface area contributed by atoms with Crippen LogP contribution in [0.25, 0.3) is 0 Å². The number of carbonyl (C=O) groups excluding carboxylic acids is 1. The van der Waals surface area contributed by atoms with Crippen LogP contribution in [0.4, 0.5) is 26.3 Å². The van der Waals surface area contributed by atoms with Gasteiger partial charge in [0.25, 0.3) is 0 Å². The summed E-state index contributed by atoms with van der Waals surface area (Å²) in [7, 11) is 0. The highest BCUT2D eigenvalue weighted by molar-refractivity contribution is 5.78. The molecule has 2 aromatic rings. The molecule has 3 atom stereocenters. The van der Waals surface area contributed by atoms with Crippen molar-refractivity contribution in [2.75, 3.05) is 19.7 Å². The molecule has 0 unspecified atom stereocenters. The molecule has 1 amide bonds. The maximum Gasteiger partial charge on any atom is 0.416 e. The number of ether oxygens (including phenoxy) is 1. The SMILES string of the molecule is C[C@@H](OC[C@@]1(c2ccccc2)CC[C@H](N2CCCC2=O)CN1)c1cc(C(F)(F)F)cc(C(F)(F)F)c1. The van der Waals surface area contributed by atoms with E-state index in [2.05, 4.69) is 5.32 Å². The van der Waals surface area contributed by atoms with Gasteiger partial charge in [-0.15, -0.1) is 0 Å². The Hall–Kier alpha value is -2.59. The lowest BCUT2D eigenvalue weighted by Crippen LogP contribution is -2.57. The van der Waals surface area contributed by atoms with E-state index in [9.17, 15) is 31.1 Å². The molecule has 2 aliphatic heterocycles. The smallest absolute Gasteiger partial charge is 0.372 e. The van der Waals surface area contributed by atoms with Crippen molar-refractivity contribution in [1.82, 2.24) is 10.2 Å². The van der Waals surface area contributed by atoms with E-state index < -0.39 is 35.1 Å². The van der Waals surface area contributed by atoms with E-state index in [1.807, 2.05) is 35.2 Å². The van der Waals surface area contributed by atoms with Crippen molar-refractivity contribution in [3.63, 3.8) is 0 Å². The van der Waals surface area contributed by atoms with E-state index in [1.54, 1.807) is 0 Å². The fourth-order valence-corrected chi connectivity index (χ4v) is 5.03. The Kier molecular flexibility index (Phi) is 7.39. The summed E-state index contributed by atoms with van der Waals surface area (Å²) in [5.74, 6) is 0.129. The minimum absolute atomic E-state index is 0.0343. The van der Waals surface area contributed by atoms with Gasteiger partial charge in [-0.05, 0) is 55.5 Å². The summed E-state index contributed by atoms with van der Waals surface area (Å²) in [5, 5.41) is 3.50. The molecule has 0 radical (unpaired) electrons. The summed E-state index contributed by atoms with van der Waals surface area (Å²) in [5.41, 5.74) is -2.72. The lowest BCUT2D eigenvalue weighted by atomic mass is 9.81. The largest absolute Gasteiger partial charge is 0.416 e. The maximum absolute atomic E-state index is 13.3. The van der Waals surface area contributed by atoms with Crippen molar-refractivity contribution in [2.24, 2.45) is 0 Å². The van der Waals surface area contributed by atoms with Gasteiger partial charge in [0.05, 0.1) is 29.4 Å². The van der Waals surface area contributed by atoms with Crippen LogP contribution in [0.5, 0.6) is 0 Å². The van der Waals surface area contributed by atoms with Crippen LogP contribution in [0.2, 0.25) is 0 Å². The number of hydrogen-bond acceptors (Lipinski definition) is 3. The van der Waals surface area contributed by atoms with E-state index in [0.29, 0.717) is 44.5 Å². The van der Waals surface area contributed by atoms with Gasteiger partial charge in [-0.1, -0.05) is 30.3 Å². The molecular formula is C26H28F6N2O2. The van der Waals surface area contributed by atoms with Crippen molar-refractivity contribution < 1.29 is 35.9 Å². The van der Waals surface area contributed by atoms with Crippen LogP contribution < -0.4 is 5.32 Å². The Morgan fingerprint density at radius 2 is 1.69 bits per heavy atom. The second-order valence-electron chi connectivity index (χ2n) is 9.50. The first-order chi connectivity index (χ1) is 16.9. The highest BCUT2D eigenvalue weighted by atomic mass is 19.4. The number of amides is 1. The summed E-state index contributed by atoms with van der Waals surface area (Å²) in [6.07, 6.45) is -8.20. The summed E-state index contributed by atoms with van der Waals surface area (Å²) < 4.78 is 85.8. The molecule has 0 aromatic heterocycles. The summed E-state index contributed by atoms with van der Waals surface area (Å²) in [6, 6.07) is 11.0. The van der Waals surface area contributed by atoms with Crippen molar-refractivity contribution in [1.29, 1.82) is 0 Å². The number of hydrogen-bond donors (Lipinski definition) is 1. The number of benzene rings is 2. The number of nitrogens with one attached hydrogen (secondary N) is 1. The quantitative estimate of drug-likeness (QED) is 0.476. The van der Waals surface area contributed by atoms with Gasteiger partial charge in [0, 0.05) is 25.6 Å². The van der Waals surface area contributed by atoms with Crippen molar-refractivity contribution in [3.05, 3.63) is 70.8 Å². The highest BCUT2D eigenvalue weighted by Gasteiger charge is 2.41. The molecule has 36 heavy (non-hydrogen) atoms. The first-order valence-corrected chi connectivity index (χ1v) is 11.9. The van der Waals surface area contributed by atoms with Gasteiger partial charge in [-0.25, -0.2) is 0 Å².